The van der Waals surface area contributed by atoms with Crippen molar-refractivity contribution in [3.05, 3.63) is 79.0 Å². The zero-order valence-corrected chi connectivity index (χ0v) is 9.88. The van der Waals surface area contributed by atoms with Gasteiger partial charge in [-0.25, -0.2) is 0 Å². The Morgan fingerprint density at radius 2 is 1.56 bits per heavy atom. The van der Waals surface area contributed by atoms with Crippen molar-refractivity contribution in [3.8, 4) is 22.4 Å². The number of hydrogen-bond donors (Lipinski definition) is 0. The van der Waals surface area contributed by atoms with E-state index in [4.69, 9.17) is 0 Å². The fraction of sp³-hybridized carbons (Fsp3) is 0. The van der Waals surface area contributed by atoms with Crippen molar-refractivity contribution in [2.24, 2.45) is 0 Å². The molecule has 3 aromatic rings. The largest absolute Gasteiger partial charge is 0.256 e. The summed E-state index contributed by atoms with van der Waals surface area (Å²) < 4.78 is 0. The number of rotatable bonds is 2. The van der Waals surface area contributed by atoms with E-state index in [0.717, 1.165) is 11.3 Å². The molecule has 0 saturated heterocycles. The summed E-state index contributed by atoms with van der Waals surface area (Å²) in [5, 5.41) is 0. The Labute approximate surface area is 107 Å². The first-order valence-electron chi connectivity index (χ1n) is 5.91. The Hall–Kier alpha value is -2.41. The first-order valence-corrected chi connectivity index (χ1v) is 5.91. The van der Waals surface area contributed by atoms with Crippen LogP contribution in [0.4, 0.5) is 0 Å². The molecule has 1 heteroatoms. The van der Waals surface area contributed by atoms with Crippen LogP contribution in [0.1, 0.15) is 0 Å². The van der Waals surface area contributed by atoms with Crippen LogP contribution in [0.25, 0.3) is 22.4 Å². The van der Waals surface area contributed by atoms with Crippen LogP contribution >= 0.6 is 0 Å². The predicted molar refractivity (Wildman–Crippen MR) is 73.9 cm³/mol. The molecular weight excluding hydrogens is 218 g/mol. The van der Waals surface area contributed by atoms with Crippen molar-refractivity contribution in [2.45, 2.75) is 0 Å². The second-order valence-corrected chi connectivity index (χ2v) is 4.08. The van der Waals surface area contributed by atoms with E-state index < -0.39 is 0 Å². The van der Waals surface area contributed by atoms with Gasteiger partial charge in [0, 0.05) is 11.8 Å². The minimum absolute atomic E-state index is 1.00. The van der Waals surface area contributed by atoms with E-state index in [1.54, 1.807) is 0 Å². The second kappa shape index (κ2) is 4.84. The summed E-state index contributed by atoms with van der Waals surface area (Å²) in [6, 6.07) is 25.5. The van der Waals surface area contributed by atoms with Gasteiger partial charge in [-0.3, -0.25) is 4.98 Å². The molecule has 2 aromatic carbocycles. The normalized spacial score (nSPS) is 10.2. The fourth-order valence-electron chi connectivity index (χ4n) is 1.94. The lowest BCUT2D eigenvalue weighted by Gasteiger charge is -2.03. The molecule has 0 fully saturated rings. The van der Waals surface area contributed by atoms with E-state index in [1.807, 2.05) is 42.6 Å². The Morgan fingerprint density at radius 1 is 0.722 bits per heavy atom. The van der Waals surface area contributed by atoms with E-state index in [1.165, 1.54) is 11.1 Å². The predicted octanol–water partition coefficient (Wildman–Crippen LogP) is 4.22. The van der Waals surface area contributed by atoms with Gasteiger partial charge in [-0.15, -0.1) is 0 Å². The molecule has 0 amide bonds. The van der Waals surface area contributed by atoms with Crippen LogP contribution in [-0.2, 0) is 0 Å². The van der Waals surface area contributed by atoms with Crippen LogP contribution in [0.5, 0.6) is 0 Å². The SMILES string of the molecule is [c]1cccc(-c2ccc(-c3ccccn3)cc2)c1. The van der Waals surface area contributed by atoms with E-state index in [-0.39, 0.29) is 0 Å². The number of aromatic nitrogens is 1. The summed E-state index contributed by atoms with van der Waals surface area (Å²) in [6.07, 6.45) is 1.81. The molecule has 1 nitrogen and oxygen atoms in total. The molecular formula is C17H12N. The van der Waals surface area contributed by atoms with Gasteiger partial charge in [0.05, 0.1) is 5.69 Å². The maximum Gasteiger partial charge on any atom is 0.0701 e. The number of benzene rings is 2. The molecule has 1 aromatic heterocycles. The van der Waals surface area contributed by atoms with Crippen molar-refractivity contribution < 1.29 is 0 Å². The van der Waals surface area contributed by atoms with Crippen molar-refractivity contribution in [3.63, 3.8) is 0 Å². The van der Waals surface area contributed by atoms with Crippen LogP contribution in [-0.4, -0.2) is 4.98 Å². The highest BCUT2D eigenvalue weighted by Gasteiger charge is 1.99. The molecule has 0 aliphatic carbocycles. The van der Waals surface area contributed by atoms with Gasteiger partial charge in [0.25, 0.3) is 0 Å². The molecule has 85 valence electrons. The zero-order valence-electron chi connectivity index (χ0n) is 9.88. The molecule has 18 heavy (non-hydrogen) atoms. The van der Waals surface area contributed by atoms with E-state index >= 15 is 0 Å². The first-order chi connectivity index (χ1) is 8.93. The van der Waals surface area contributed by atoms with Gasteiger partial charge in [0.2, 0.25) is 0 Å². The quantitative estimate of drug-likeness (QED) is 0.642. The maximum absolute atomic E-state index is 4.35. The molecule has 0 bridgehead atoms. The standard InChI is InChI=1S/C17H12N/c1-2-6-14(7-3-1)15-9-11-16(12-10-15)17-8-4-5-13-18-17/h1-2,4-13H. The molecule has 0 atom stereocenters. The fourth-order valence-corrected chi connectivity index (χ4v) is 1.94. The molecule has 1 radical (unpaired) electrons. The first kappa shape index (κ1) is 10.7. The molecule has 0 unspecified atom stereocenters. The van der Waals surface area contributed by atoms with Gasteiger partial charge in [-0.2, -0.15) is 0 Å². The highest BCUT2D eigenvalue weighted by molar-refractivity contribution is 5.68. The smallest absolute Gasteiger partial charge is 0.0701 e. The summed E-state index contributed by atoms with van der Waals surface area (Å²) in [6.45, 7) is 0. The van der Waals surface area contributed by atoms with E-state index in [9.17, 15) is 0 Å². The number of pyridine rings is 1. The molecule has 0 aliphatic rings. The summed E-state index contributed by atoms with van der Waals surface area (Å²) in [5.74, 6) is 0. The lowest BCUT2D eigenvalue weighted by molar-refractivity contribution is 1.33. The molecule has 3 rings (SSSR count). The third-order valence-electron chi connectivity index (χ3n) is 2.89. The van der Waals surface area contributed by atoms with Gasteiger partial charge in [0.15, 0.2) is 0 Å². The molecule has 0 saturated carbocycles. The van der Waals surface area contributed by atoms with Gasteiger partial charge < -0.3 is 0 Å². The third-order valence-corrected chi connectivity index (χ3v) is 2.89. The van der Waals surface area contributed by atoms with Crippen molar-refractivity contribution in [1.29, 1.82) is 0 Å². The second-order valence-electron chi connectivity index (χ2n) is 4.08. The average Bonchev–Trinajstić information content (AvgIpc) is 2.49. The third kappa shape index (κ3) is 2.16. The van der Waals surface area contributed by atoms with Crippen LogP contribution in [0.3, 0.4) is 0 Å². The number of hydrogen-bond acceptors (Lipinski definition) is 1. The van der Waals surface area contributed by atoms with Crippen molar-refractivity contribution >= 4 is 0 Å². The molecule has 0 spiro atoms. The minimum atomic E-state index is 1.00. The van der Waals surface area contributed by atoms with Crippen LogP contribution in [0, 0.1) is 6.07 Å². The van der Waals surface area contributed by atoms with Crippen LogP contribution < -0.4 is 0 Å². The lowest BCUT2D eigenvalue weighted by atomic mass is 10.0. The molecule has 0 aliphatic heterocycles. The van der Waals surface area contributed by atoms with Crippen molar-refractivity contribution in [2.75, 3.05) is 0 Å². The summed E-state index contributed by atoms with van der Waals surface area (Å²) in [5.41, 5.74) is 4.53. The van der Waals surface area contributed by atoms with Crippen molar-refractivity contribution in [1.82, 2.24) is 4.98 Å². The summed E-state index contributed by atoms with van der Waals surface area (Å²) in [4.78, 5) is 4.35. The molecule has 0 N–H and O–H groups in total. The van der Waals surface area contributed by atoms with E-state index in [2.05, 4.69) is 41.4 Å². The van der Waals surface area contributed by atoms with Gasteiger partial charge in [0.1, 0.15) is 0 Å². The van der Waals surface area contributed by atoms with Gasteiger partial charge >= 0.3 is 0 Å². The monoisotopic (exact) mass is 230 g/mol. The number of nitrogens with zero attached hydrogens (tertiary/aromatic N) is 1. The van der Waals surface area contributed by atoms with Gasteiger partial charge in [-0.1, -0.05) is 48.5 Å². The Kier molecular flexibility index (Phi) is 2.89. The maximum atomic E-state index is 4.35. The Bertz CT molecular complexity index is 554. The zero-order chi connectivity index (χ0) is 12.2. The van der Waals surface area contributed by atoms with Crippen LogP contribution in [0.15, 0.2) is 72.9 Å². The molecule has 1 heterocycles. The topological polar surface area (TPSA) is 12.9 Å². The Morgan fingerprint density at radius 3 is 2.22 bits per heavy atom. The van der Waals surface area contributed by atoms with E-state index in [0.29, 0.717) is 0 Å². The van der Waals surface area contributed by atoms with Gasteiger partial charge in [-0.05, 0) is 35.4 Å². The summed E-state index contributed by atoms with van der Waals surface area (Å²) in [7, 11) is 0. The lowest BCUT2D eigenvalue weighted by Crippen LogP contribution is -1.82. The minimum Gasteiger partial charge on any atom is -0.256 e. The van der Waals surface area contributed by atoms with Crippen LogP contribution in [0.2, 0.25) is 0 Å². The highest BCUT2D eigenvalue weighted by Crippen LogP contribution is 2.23. The average molecular weight is 230 g/mol. The Balaban J connectivity index is 1.95. The summed E-state index contributed by atoms with van der Waals surface area (Å²) >= 11 is 0. The highest BCUT2D eigenvalue weighted by atomic mass is 14.7.